The van der Waals surface area contributed by atoms with Crippen molar-refractivity contribution in [3.8, 4) is 0 Å². The normalized spacial score (nSPS) is 24.1. The average molecular weight is 272 g/mol. The molecule has 0 saturated heterocycles. The van der Waals surface area contributed by atoms with Crippen LogP contribution in [0.2, 0.25) is 0 Å². The largest absolute Gasteiger partial charge is 0.312 e. The molecule has 14 heavy (non-hydrogen) atoms. The lowest BCUT2D eigenvalue weighted by Crippen LogP contribution is -2.39. The Labute approximate surface area is 97.0 Å². The van der Waals surface area contributed by atoms with Gasteiger partial charge >= 0.3 is 0 Å². The lowest BCUT2D eigenvalue weighted by atomic mass is 9.80. The number of hydrogen-bond donors (Lipinski definition) is 1. The van der Waals surface area contributed by atoms with Crippen LogP contribution in [0.5, 0.6) is 0 Å². The van der Waals surface area contributed by atoms with Crippen molar-refractivity contribution in [1.82, 2.24) is 5.32 Å². The van der Waals surface area contributed by atoms with E-state index in [1.54, 1.807) is 4.88 Å². The van der Waals surface area contributed by atoms with Gasteiger partial charge in [-0.1, -0.05) is 12.8 Å². The van der Waals surface area contributed by atoms with Gasteiger partial charge in [0.2, 0.25) is 0 Å². The minimum Gasteiger partial charge on any atom is -0.312 e. The first kappa shape index (κ1) is 9.37. The number of halogens is 1. The van der Waals surface area contributed by atoms with Crippen molar-refractivity contribution in [3.05, 3.63) is 20.3 Å². The minimum atomic E-state index is 0.504. The zero-order chi connectivity index (χ0) is 9.60. The Morgan fingerprint density at radius 2 is 2.14 bits per heavy atom. The molecule has 0 amide bonds. The molecule has 3 rings (SSSR count). The van der Waals surface area contributed by atoms with E-state index in [4.69, 9.17) is 0 Å². The summed E-state index contributed by atoms with van der Waals surface area (Å²) in [5.41, 5.74) is 2.04. The molecule has 2 heterocycles. The highest BCUT2D eigenvalue weighted by molar-refractivity contribution is 9.11. The molecule has 76 valence electrons. The molecular weight excluding hydrogens is 258 g/mol. The van der Waals surface area contributed by atoms with Crippen LogP contribution in [0.3, 0.4) is 0 Å². The molecule has 0 unspecified atom stereocenters. The number of rotatable bonds is 0. The molecule has 1 nitrogen and oxygen atoms in total. The lowest BCUT2D eigenvalue weighted by molar-refractivity contribution is 0.386. The SMILES string of the molecule is Brc1cc2c(s1)C1(CCCC1)CNC2. The second-order valence-electron chi connectivity index (χ2n) is 4.50. The number of hydrogen-bond acceptors (Lipinski definition) is 2. The van der Waals surface area contributed by atoms with E-state index in [1.165, 1.54) is 41.6 Å². The van der Waals surface area contributed by atoms with E-state index in [0.29, 0.717) is 5.41 Å². The standard InChI is InChI=1S/C11H14BrNS/c12-9-5-8-6-13-7-11(10(8)14-9)3-1-2-4-11/h5,13H,1-4,6-7H2. The summed E-state index contributed by atoms with van der Waals surface area (Å²) in [4.78, 5) is 1.67. The summed E-state index contributed by atoms with van der Waals surface area (Å²) in [5.74, 6) is 0. The van der Waals surface area contributed by atoms with Crippen LogP contribution in [0.1, 0.15) is 36.1 Å². The van der Waals surface area contributed by atoms with Gasteiger partial charge in [-0.2, -0.15) is 0 Å². The number of nitrogens with one attached hydrogen (secondary N) is 1. The first-order valence-corrected chi connectivity index (χ1v) is 6.91. The van der Waals surface area contributed by atoms with Crippen LogP contribution < -0.4 is 5.32 Å². The monoisotopic (exact) mass is 271 g/mol. The third kappa shape index (κ3) is 1.29. The molecule has 0 aromatic carbocycles. The first-order chi connectivity index (χ1) is 6.80. The molecule has 1 aromatic heterocycles. The summed E-state index contributed by atoms with van der Waals surface area (Å²) in [5, 5.41) is 3.57. The van der Waals surface area contributed by atoms with Gasteiger partial charge in [0, 0.05) is 23.4 Å². The quantitative estimate of drug-likeness (QED) is 0.763. The molecular formula is C11H14BrNS. The van der Waals surface area contributed by atoms with Crippen molar-refractivity contribution in [2.45, 2.75) is 37.6 Å². The number of fused-ring (bicyclic) bond motifs is 2. The zero-order valence-electron chi connectivity index (χ0n) is 8.11. The second kappa shape index (κ2) is 3.32. The summed E-state index contributed by atoms with van der Waals surface area (Å²) in [6.45, 7) is 2.27. The molecule has 1 spiro atoms. The molecule has 1 N–H and O–H groups in total. The van der Waals surface area contributed by atoms with Crippen molar-refractivity contribution >= 4 is 27.3 Å². The Bertz CT molecular complexity index is 352. The lowest BCUT2D eigenvalue weighted by Gasteiger charge is -2.33. The van der Waals surface area contributed by atoms with E-state index in [0.717, 1.165) is 6.54 Å². The third-order valence-corrected chi connectivity index (χ3v) is 5.53. The Balaban J connectivity index is 2.09. The highest BCUT2D eigenvalue weighted by Gasteiger charge is 2.40. The van der Waals surface area contributed by atoms with Crippen molar-refractivity contribution < 1.29 is 0 Å². The fourth-order valence-electron chi connectivity index (χ4n) is 2.95. The van der Waals surface area contributed by atoms with Crippen LogP contribution in [0.4, 0.5) is 0 Å². The number of thiophene rings is 1. The highest BCUT2D eigenvalue weighted by atomic mass is 79.9. The van der Waals surface area contributed by atoms with Crippen LogP contribution in [-0.4, -0.2) is 6.54 Å². The predicted octanol–water partition coefficient (Wildman–Crippen LogP) is 3.43. The molecule has 0 bridgehead atoms. The van der Waals surface area contributed by atoms with Crippen LogP contribution in [0.25, 0.3) is 0 Å². The maximum atomic E-state index is 3.61. The van der Waals surface area contributed by atoms with Crippen molar-refractivity contribution in [2.75, 3.05) is 6.54 Å². The van der Waals surface area contributed by atoms with Crippen LogP contribution >= 0.6 is 27.3 Å². The average Bonchev–Trinajstić information content (AvgIpc) is 2.74. The Kier molecular flexibility index (Phi) is 2.22. The van der Waals surface area contributed by atoms with Gasteiger partial charge in [0.1, 0.15) is 0 Å². The van der Waals surface area contributed by atoms with Gasteiger partial charge in [0.25, 0.3) is 0 Å². The van der Waals surface area contributed by atoms with Crippen LogP contribution in [0.15, 0.2) is 9.85 Å². The Morgan fingerprint density at radius 3 is 2.93 bits per heavy atom. The topological polar surface area (TPSA) is 12.0 Å². The van der Waals surface area contributed by atoms with Gasteiger partial charge in [-0.05, 0) is 40.4 Å². The molecule has 1 aliphatic heterocycles. The smallest absolute Gasteiger partial charge is 0.0704 e. The molecule has 2 aliphatic rings. The summed E-state index contributed by atoms with van der Waals surface area (Å²) >= 11 is 5.58. The molecule has 3 heteroatoms. The van der Waals surface area contributed by atoms with E-state index in [9.17, 15) is 0 Å². The van der Waals surface area contributed by atoms with Crippen molar-refractivity contribution in [3.63, 3.8) is 0 Å². The minimum absolute atomic E-state index is 0.504. The molecule has 0 atom stereocenters. The van der Waals surface area contributed by atoms with Gasteiger partial charge < -0.3 is 5.32 Å². The molecule has 1 aromatic rings. The summed E-state index contributed by atoms with van der Waals surface area (Å²) < 4.78 is 1.30. The van der Waals surface area contributed by atoms with E-state index >= 15 is 0 Å². The first-order valence-electron chi connectivity index (χ1n) is 5.30. The predicted molar refractivity (Wildman–Crippen MR) is 63.9 cm³/mol. The van der Waals surface area contributed by atoms with Crippen LogP contribution in [-0.2, 0) is 12.0 Å². The summed E-state index contributed by atoms with van der Waals surface area (Å²) in [6, 6.07) is 2.30. The van der Waals surface area contributed by atoms with Gasteiger partial charge in [-0.25, -0.2) is 0 Å². The van der Waals surface area contributed by atoms with Gasteiger partial charge in [0.05, 0.1) is 3.79 Å². The van der Waals surface area contributed by atoms with E-state index in [1.807, 2.05) is 11.3 Å². The summed E-state index contributed by atoms with van der Waals surface area (Å²) in [6.07, 6.45) is 5.60. The maximum Gasteiger partial charge on any atom is 0.0704 e. The molecule has 1 aliphatic carbocycles. The fraction of sp³-hybridized carbons (Fsp3) is 0.636. The Hall–Kier alpha value is 0.140. The van der Waals surface area contributed by atoms with E-state index in [2.05, 4.69) is 27.3 Å². The van der Waals surface area contributed by atoms with Crippen LogP contribution in [0, 0.1) is 0 Å². The van der Waals surface area contributed by atoms with Gasteiger partial charge in [0.15, 0.2) is 0 Å². The highest BCUT2D eigenvalue weighted by Crippen LogP contribution is 2.47. The Morgan fingerprint density at radius 1 is 1.36 bits per heavy atom. The fourth-order valence-corrected chi connectivity index (χ4v) is 4.86. The zero-order valence-corrected chi connectivity index (χ0v) is 10.5. The second-order valence-corrected chi connectivity index (χ2v) is 6.93. The third-order valence-electron chi connectivity index (χ3n) is 3.60. The molecule has 1 fully saturated rings. The van der Waals surface area contributed by atoms with E-state index in [-0.39, 0.29) is 0 Å². The van der Waals surface area contributed by atoms with E-state index < -0.39 is 0 Å². The van der Waals surface area contributed by atoms with Crippen molar-refractivity contribution in [2.24, 2.45) is 0 Å². The van der Waals surface area contributed by atoms with Crippen molar-refractivity contribution in [1.29, 1.82) is 0 Å². The van der Waals surface area contributed by atoms with Gasteiger partial charge in [-0.3, -0.25) is 0 Å². The van der Waals surface area contributed by atoms with Gasteiger partial charge in [-0.15, -0.1) is 11.3 Å². The molecule has 1 saturated carbocycles. The molecule has 0 radical (unpaired) electrons. The maximum absolute atomic E-state index is 3.61. The summed E-state index contributed by atoms with van der Waals surface area (Å²) in [7, 11) is 0.